The van der Waals surface area contributed by atoms with E-state index in [-0.39, 0.29) is 11.5 Å². The summed E-state index contributed by atoms with van der Waals surface area (Å²) in [5.74, 6) is 0.555. The Bertz CT molecular complexity index is 724. The van der Waals surface area contributed by atoms with Gasteiger partial charge in [-0.25, -0.2) is 0 Å². The third-order valence-corrected chi connectivity index (χ3v) is 4.87. The van der Waals surface area contributed by atoms with E-state index < -0.39 is 0 Å². The van der Waals surface area contributed by atoms with Gasteiger partial charge in [0.05, 0.1) is 18.8 Å². The number of morpholine rings is 1. The van der Waals surface area contributed by atoms with Crippen molar-refractivity contribution in [2.24, 2.45) is 0 Å². The first-order chi connectivity index (χ1) is 11.2. The zero-order valence-corrected chi connectivity index (χ0v) is 13.1. The van der Waals surface area contributed by atoms with Gasteiger partial charge in [-0.1, -0.05) is 6.07 Å². The summed E-state index contributed by atoms with van der Waals surface area (Å²) in [6.45, 7) is 3.93. The Morgan fingerprint density at radius 3 is 2.96 bits per heavy atom. The van der Waals surface area contributed by atoms with E-state index in [2.05, 4.69) is 20.6 Å². The number of tetrazole rings is 1. The van der Waals surface area contributed by atoms with Gasteiger partial charge in [0.15, 0.2) is 0 Å². The third-order valence-electron chi connectivity index (χ3n) is 4.87. The summed E-state index contributed by atoms with van der Waals surface area (Å²) in [7, 11) is 0. The Labute approximate surface area is 134 Å². The minimum Gasteiger partial charge on any atom is -0.371 e. The molecule has 0 bridgehead atoms. The second-order valence-corrected chi connectivity index (χ2v) is 6.38. The van der Waals surface area contributed by atoms with Gasteiger partial charge < -0.3 is 9.64 Å². The molecule has 1 spiro atoms. The van der Waals surface area contributed by atoms with E-state index in [0.29, 0.717) is 31.1 Å². The Morgan fingerprint density at radius 1 is 1.39 bits per heavy atom. The normalized spacial score (nSPS) is 19.6. The van der Waals surface area contributed by atoms with E-state index in [1.165, 1.54) is 6.42 Å². The summed E-state index contributed by atoms with van der Waals surface area (Å²) in [6.07, 6.45) is 3.30. The molecule has 1 aliphatic heterocycles. The number of rotatable bonds is 2. The monoisotopic (exact) mass is 313 g/mol. The molecule has 0 atom stereocenters. The average Bonchev–Trinajstić information content (AvgIpc) is 3.07. The smallest absolute Gasteiger partial charge is 0.254 e. The highest BCUT2D eigenvalue weighted by molar-refractivity contribution is 5.95. The number of hydrogen-bond donors (Lipinski definition) is 1. The van der Waals surface area contributed by atoms with E-state index >= 15 is 0 Å². The number of aryl methyl sites for hydroxylation is 1. The predicted octanol–water partition coefficient (Wildman–Crippen LogP) is 1.57. The summed E-state index contributed by atoms with van der Waals surface area (Å²) in [5, 5.41) is 14.1. The number of aromatic nitrogens is 4. The molecular formula is C16H19N5O2. The Hall–Kier alpha value is -2.28. The van der Waals surface area contributed by atoms with Crippen LogP contribution in [0.15, 0.2) is 18.2 Å². The van der Waals surface area contributed by atoms with Crippen LogP contribution in [0.2, 0.25) is 0 Å². The lowest BCUT2D eigenvalue weighted by Gasteiger charge is -2.48. The van der Waals surface area contributed by atoms with Crippen molar-refractivity contribution in [1.29, 1.82) is 0 Å². The molecule has 2 heterocycles. The van der Waals surface area contributed by atoms with Crippen LogP contribution >= 0.6 is 0 Å². The molecule has 1 saturated heterocycles. The highest BCUT2D eigenvalue weighted by atomic mass is 16.5. The number of amides is 1. The second kappa shape index (κ2) is 5.42. The molecule has 1 N–H and O–H groups in total. The van der Waals surface area contributed by atoms with Crippen LogP contribution in [0, 0.1) is 6.92 Å². The maximum Gasteiger partial charge on any atom is 0.254 e. The fourth-order valence-corrected chi connectivity index (χ4v) is 3.35. The average molecular weight is 313 g/mol. The van der Waals surface area contributed by atoms with Gasteiger partial charge in [-0.3, -0.25) is 4.79 Å². The zero-order valence-electron chi connectivity index (χ0n) is 13.1. The Kier molecular flexibility index (Phi) is 3.37. The van der Waals surface area contributed by atoms with Gasteiger partial charge in [-0.05, 0) is 49.1 Å². The van der Waals surface area contributed by atoms with Crippen molar-refractivity contribution < 1.29 is 9.53 Å². The topological polar surface area (TPSA) is 84.0 Å². The van der Waals surface area contributed by atoms with Gasteiger partial charge in [0, 0.05) is 17.7 Å². The molecule has 23 heavy (non-hydrogen) atoms. The van der Waals surface area contributed by atoms with Gasteiger partial charge in [0.25, 0.3) is 5.91 Å². The maximum absolute atomic E-state index is 12.9. The second-order valence-electron chi connectivity index (χ2n) is 6.38. The standard InChI is InChI=1S/C16H19N5O2/c1-11-3-4-12(9-13(11)14-17-19-20-18-14)15(22)21-7-8-23-16(10-21)5-2-6-16/h3-4,9H,2,5-8,10H2,1H3,(H,17,18,19,20). The van der Waals surface area contributed by atoms with Crippen molar-refractivity contribution in [2.45, 2.75) is 31.8 Å². The SMILES string of the molecule is Cc1ccc(C(=O)N2CCOC3(CCC3)C2)cc1-c1nn[nH]n1. The molecule has 1 saturated carbocycles. The van der Waals surface area contributed by atoms with Crippen molar-refractivity contribution in [3.63, 3.8) is 0 Å². The van der Waals surface area contributed by atoms with Gasteiger partial charge in [-0.2, -0.15) is 5.21 Å². The van der Waals surface area contributed by atoms with E-state index in [0.717, 1.165) is 24.0 Å². The number of aromatic amines is 1. The van der Waals surface area contributed by atoms with Crippen LogP contribution in [0.3, 0.4) is 0 Å². The first kappa shape index (κ1) is 14.3. The summed E-state index contributed by atoms with van der Waals surface area (Å²) < 4.78 is 5.89. The summed E-state index contributed by atoms with van der Waals surface area (Å²) in [5.41, 5.74) is 2.41. The van der Waals surface area contributed by atoms with E-state index in [1.807, 2.05) is 30.0 Å². The molecule has 120 valence electrons. The fourth-order valence-electron chi connectivity index (χ4n) is 3.35. The van der Waals surface area contributed by atoms with E-state index in [9.17, 15) is 4.79 Å². The molecule has 7 nitrogen and oxygen atoms in total. The summed E-state index contributed by atoms with van der Waals surface area (Å²) >= 11 is 0. The molecule has 1 aliphatic carbocycles. The molecule has 1 aromatic carbocycles. The summed E-state index contributed by atoms with van der Waals surface area (Å²) in [6, 6.07) is 5.65. The fraction of sp³-hybridized carbons (Fsp3) is 0.500. The number of carbonyl (C=O) groups is 1. The van der Waals surface area contributed by atoms with Crippen molar-refractivity contribution in [2.75, 3.05) is 19.7 Å². The summed E-state index contributed by atoms with van der Waals surface area (Å²) in [4.78, 5) is 14.8. The Morgan fingerprint density at radius 2 is 2.26 bits per heavy atom. The molecule has 1 aromatic heterocycles. The number of nitrogens with zero attached hydrogens (tertiary/aromatic N) is 4. The molecule has 0 radical (unpaired) electrons. The molecule has 2 aromatic rings. The lowest BCUT2D eigenvalue weighted by Crippen LogP contribution is -2.57. The minimum atomic E-state index is -0.0882. The molecular weight excluding hydrogens is 294 g/mol. The quantitative estimate of drug-likeness (QED) is 0.910. The van der Waals surface area contributed by atoms with Crippen molar-refractivity contribution in [1.82, 2.24) is 25.5 Å². The van der Waals surface area contributed by atoms with E-state index in [1.54, 1.807) is 0 Å². The lowest BCUT2D eigenvalue weighted by atomic mass is 9.78. The van der Waals surface area contributed by atoms with Crippen LogP contribution in [0.4, 0.5) is 0 Å². The van der Waals surface area contributed by atoms with Gasteiger partial charge in [0.2, 0.25) is 5.82 Å². The predicted molar refractivity (Wildman–Crippen MR) is 82.8 cm³/mol. The van der Waals surface area contributed by atoms with Crippen LogP contribution in [0.5, 0.6) is 0 Å². The van der Waals surface area contributed by atoms with Crippen LogP contribution in [0.1, 0.15) is 35.2 Å². The lowest BCUT2D eigenvalue weighted by molar-refractivity contribution is -0.142. The number of carbonyl (C=O) groups excluding carboxylic acids is 1. The molecule has 0 unspecified atom stereocenters. The number of hydrogen-bond acceptors (Lipinski definition) is 5. The molecule has 7 heteroatoms. The maximum atomic E-state index is 12.9. The number of H-pyrrole nitrogens is 1. The van der Waals surface area contributed by atoms with Gasteiger partial charge in [0.1, 0.15) is 0 Å². The van der Waals surface area contributed by atoms with Crippen LogP contribution in [-0.2, 0) is 4.74 Å². The van der Waals surface area contributed by atoms with Crippen molar-refractivity contribution in [3.05, 3.63) is 29.3 Å². The minimum absolute atomic E-state index is 0.0457. The molecule has 1 amide bonds. The molecule has 2 fully saturated rings. The van der Waals surface area contributed by atoms with Crippen LogP contribution in [-0.4, -0.2) is 56.7 Å². The molecule has 4 rings (SSSR count). The number of benzene rings is 1. The first-order valence-corrected chi connectivity index (χ1v) is 7.95. The zero-order chi connectivity index (χ0) is 15.9. The Balaban J connectivity index is 1.60. The first-order valence-electron chi connectivity index (χ1n) is 7.95. The van der Waals surface area contributed by atoms with Crippen molar-refractivity contribution in [3.8, 4) is 11.4 Å². The highest BCUT2D eigenvalue weighted by Crippen LogP contribution is 2.38. The van der Waals surface area contributed by atoms with Gasteiger partial charge in [-0.15, -0.1) is 10.2 Å². The third kappa shape index (κ3) is 2.50. The molecule has 2 aliphatic rings. The van der Waals surface area contributed by atoms with E-state index in [4.69, 9.17) is 4.74 Å². The highest BCUT2D eigenvalue weighted by Gasteiger charge is 2.43. The van der Waals surface area contributed by atoms with Gasteiger partial charge >= 0.3 is 0 Å². The van der Waals surface area contributed by atoms with Crippen molar-refractivity contribution >= 4 is 5.91 Å². The number of ether oxygens (including phenoxy) is 1. The van der Waals surface area contributed by atoms with Crippen LogP contribution < -0.4 is 0 Å². The number of nitrogens with one attached hydrogen (secondary N) is 1. The largest absolute Gasteiger partial charge is 0.371 e. The van der Waals surface area contributed by atoms with Crippen LogP contribution in [0.25, 0.3) is 11.4 Å².